The van der Waals surface area contributed by atoms with Crippen LogP contribution in [0.2, 0.25) is 0 Å². The molecule has 0 aliphatic rings. The van der Waals surface area contributed by atoms with Crippen LogP contribution in [0, 0.1) is 6.92 Å². The van der Waals surface area contributed by atoms with Crippen molar-refractivity contribution in [3.05, 3.63) is 72.2 Å². The van der Waals surface area contributed by atoms with Crippen LogP contribution in [-0.2, 0) is 0 Å². The number of aromatic nitrogens is 2. The van der Waals surface area contributed by atoms with Crippen molar-refractivity contribution in [2.24, 2.45) is 0 Å². The van der Waals surface area contributed by atoms with Crippen LogP contribution < -0.4 is 10.1 Å². The van der Waals surface area contributed by atoms with Gasteiger partial charge in [-0.05, 0) is 57.2 Å². The van der Waals surface area contributed by atoms with Crippen LogP contribution in [0.1, 0.15) is 30.2 Å². The van der Waals surface area contributed by atoms with Crippen molar-refractivity contribution in [2.45, 2.75) is 20.8 Å². The highest BCUT2D eigenvalue weighted by atomic mass is 16.5. The number of aryl methyl sites for hydroxylation is 1. The first-order valence-electron chi connectivity index (χ1n) is 9.34. The molecule has 0 fully saturated rings. The molecule has 6 nitrogen and oxygen atoms in total. The van der Waals surface area contributed by atoms with E-state index in [2.05, 4.69) is 15.3 Å². The number of carbonyl (C=O) groups excluding carboxylic acids is 1. The summed E-state index contributed by atoms with van der Waals surface area (Å²) in [4.78, 5) is 23.0. The van der Waals surface area contributed by atoms with Crippen molar-refractivity contribution in [1.82, 2.24) is 14.9 Å². The van der Waals surface area contributed by atoms with Gasteiger partial charge in [0.2, 0.25) is 0 Å². The fourth-order valence-corrected chi connectivity index (χ4v) is 2.79. The predicted octanol–water partition coefficient (Wildman–Crippen LogP) is 4.80. The normalized spacial score (nSPS) is 10.4. The van der Waals surface area contributed by atoms with Gasteiger partial charge < -0.3 is 15.0 Å². The number of hydrogen-bond acceptors (Lipinski definition) is 5. The Morgan fingerprint density at radius 3 is 2.25 bits per heavy atom. The quantitative estimate of drug-likeness (QED) is 0.641. The number of anilines is 2. The van der Waals surface area contributed by atoms with E-state index in [1.807, 2.05) is 68.4 Å². The third-order valence-corrected chi connectivity index (χ3v) is 4.21. The highest BCUT2D eigenvalue weighted by Crippen LogP contribution is 2.24. The second kappa shape index (κ2) is 8.99. The van der Waals surface area contributed by atoms with Crippen LogP contribution >= 0.6 is 0 Å². The van der Waals surface area contributed by atoms with Gasteiger partial charge in [-0.2, -0.15) is 0 Å². The van der Waals surface area contributed by atoms with Crippen LogP contribution in [0.25, 0.3) is 0 Å². The highest BCUT2D eigenvalue weighted by Gasteiger charge is 2.16. The summed E-state index contributed by atoms with van der Waals surface area (Å²) < 4.78 is 5.80. The molecular formula is C22H24N4O2. The van der Waals surface area contributed by atoms with E-state index < -0.39 is 0 Å². The molecule has 0 aliphatic heterocycles. The Hall–Kier alpha value is -3.41. The lowest BCUT2D eigenvalue weighted by Crippen LogP contribution is -2.31. The average Bonchev–Trinajstić information content (AvgIpc) is 2.71. The second-order valence-corrected chi connectivity index (χ2v) is 6.23. The molecule has 3 rings (SSSR count). The SMILES string of the molecule is CCN(CC)C(=O)c1cc(Nc2ccc(Oc3ccccc3)cc2)nc(C)n1. The van der Waals surface area contributed by atoms with E-state index >= 15 is 0 Å². The van der Waals surface area contributed by atoms with Crippen molar-refractivity contribution in [3.8, 4) is 11.5 Å². The molecule has 0 saturated carbocycles. The zero-order chi connectivity index (χ0) is 19.9. The van der Waals surface area contributed by atoms with E-state index in [0.29, 0.717) is 30.4 Å². The van der Waals surface area contributed by atoms with Crippen molar-refractivity contribution in [2.75, 3.05) is 18.4 Å². The van der Waals surface area contributed by atoms with Gasteiger partial charge in [0.05, 0.1) is 0 Å². The lowest BCUT2D eigenvalue weighted by atomic mass is 10.2. The van der Waals surface area contributed by atoms with Crippen LogP contribution in [0.3, 0.4) is 0 Å². The van der Waals surface area contributed by atoms with Crippen molar-refractivity contribution in [1.29, 1.82) is 0 Å². The first-order chi connectivity index (χ1) is 13.6. The first kappa shape index (κ1) is 19.4. The van der Waals surface area contributed by atoms with Crippen molar-refractivity contribution >= 4 is 17.4 Å². The number of amides is 1. The molecule has 144 valence electrons. The molecule has 6 heteroatoms. The van der Waals surface area contributed by atoms with Gasteiger partial charge >= 0.3 is 0 Å². The summed E-state index contributed by atoms with van der Waals surface area (Å²) >= 11 is 0. The summed E-state index contributed by atoms with van der Waals surface area (Å²) in [5, 5.41) is 3.23. The van der Waals surface area contributed by atoms with Gasteiger partial charge in [0.1, 0.15) is 28.8 Å². The molecule has 3 aromatic rings. The maximum absolute atomic E-state index is 12.6. The largest absolute Gasteiger partial charge is 0.457 e. The second-order valence-electron chi connectivity index (χ2n) is 6.23. The number of benzene rings is 2. The molecule has 0 radical (unpaired) electrons. The van der Waals surface area contributed by atoms with Gasteiger partial charge in [-0.1, -0.05) is 18.2 Å². The number of para-hydroxylation sites is 1. The molecule has 2 aromatic carbocycles. The molecule has 0 atom stereocenters. The fourth-order valence-electron chi connectivity index (χ4n) is 2.79. The molecule has 1 N–H and O–H groups in total. The zero-order valence-corrected chi connectivity index (χ0v) is 16.3. The van der Waals surface area contributed by atoms with E-state index in [9.17, 15) is 4.79 Å². The fraction of sp³-hybridized carbons (Fsp3) is 0.227. The summed E-state index contributed by atoms with van der Waals surface area (Å²) in [5.41, 5.74) is 1.24. The van der Waals surface area contributed by atoms with E-state index in [4.69, 9.17) is 4.74 Å². The van der Waals surface area contributed by atoms with Crippen LogP contribution in [-0.4, -0.2) is 33.9 Å². The van der Waals surface area contributed by atoms with E-state index in [-0.39, 0.29) is 5.91 Å². The summed E-state index contributed by atoms with van der Waals surface area (Å²) in [6.45, 7) is 6.97. The number of hydrogen-bond donors (Lipinski definition) is 1. The smallest absolute Gasteiger partial charge is 0.272 e. The number of ether oxygens (including phenoxy) is 1. The third kappa shape index (κ3) is 4.85. The Balaban J connectivity index is 1.73. The molecule has 0 aliphatic carbocycles. The number of nitrogens with zero attached hydrogens (tertiary/aromatic N) is 3. The van der Waals surface area contributed by atoms with Gasteiger partial charge in [-0.15, -0.1) is 0 Å². The minimum Gasteiger partial charge on any atom is -0.457 e. The molecule has 28 heavy (non-hydrogen) atoms. The molecule has 1 aromatic heterocycles. The third-order valence-electron chi connectivity index (χ3n) is 4.21. The monoisotopic (exact) mass is 376 g/mol. The first-order valence-corrected chi connectivity index (χ1v) is 9.34. The molecular weight excluding hydrogens is 352 g/mol. The summed E-state index contributed by atoms with van der Waals surface area (Å²) in [6.07, 6.45) is 0. The van der Waals surface area contributed by atoms with E-state index in [1.165, 1.54) is 0 Å². The predicted molar refractivity (Wildman–Crippen MR) is 110 cm³/mol. The Labute approximate surface area is 165 Å². The Morgan fingerprint density at radius 1 is 0.964 bits per heavy atom. The van der Waals surface area contributed by atoms with Gasteiger partial charge in [-0.3, -0.25) is 4.79 Å². The summed E-state index contributed by atoms with van der Waals surface area (Å²) in [7, 11) is 0. The minimum absolute atomic E-state index is 0.0924. The van der Waals surface area contributed by atoms with Crippen LogP contribution in [0.5, 0.6) is 11.5 Å². The maximum atomic E-state index is 12.6. The molecule has 0 bridgehead atoms. The maximum Gasteiger partial charge on any atom is 0.272 e. The summed E-state index contributed by atoms with van der Waals surface area (Å²) in [6, 6.07) is 18.9. The number of rotatable bonds is 7. The van der Waals surface area contributed by atoms with Crippen LogP contribution in [0.4, 0.5) is 11.5 Å². The average molecular weight is 376 g/mol. The van der Waals surface area contributed by atoms with Crippen molar-refractivity contribution in [3.63, 3.8) is 0 Å². The summed E-state index contributed by atoms with van der Waals surface area (Å²) in [5.74, 6) is 2.57. The lowest BCUT2D eigenvalue weighted by molar-refractivity contribution is 0.0766. The topological polar surface area (TPSA) is 67.4 Å². The molecule has 0 unspecified atom stereocenters. The van der Waals surface area contributed by atoms with Gasteiger partial charge in [0.15, 0.2) is 0 Å². The molecule has 1 heterocycles. The highest BCUT2D eigenvalue weighted by molar-refractivity contribution is 5.93. The Morgan fingerprint density at radius 2 is 1.61 bits per heavy atom. The standard InChI is InChI=1S/C22H24N4O2/c1-4-26(5-2)22(27)20-15-21(24-16(3)23-20)25-17-11-13-19(14-12-17)28-18-9-7-6-8-10-18/h6-15H,4-5H2,1-3H3,(H,23,24,25). The van der Waals surface area contributed by atoms with E-state index in [0.717, 1.165) is 17.2 Å². The van der Waals surface area contributed by atoms with Gasteiger partial charge in [0.25, 0.3) is 5.91 Å². The van der Waals surface area contributed by atoms with Gasteiger partial charge in [0, 0.05) is 24.8 Å². The van der Waals surface area contributed by atoms with E-state index in [1.54, 1.807) is 17.9 Å². The Bertz CT molecular complexity index is 923. The minimum atomic E-state index is -0.0924. The molecule has 1 amide bonds. The molecule has 0 saturated heterocycles. The molecule has 0 spiro atoms. The lowest BCUT2D eigenvalue weighted by Gasteiger charge is -2.18. The zero-order valence-electron chi connectivity index (χ0n) is 16.3. The van der Waals surface area contributed by atoms with Gasteiger partial charge in [-0.25, -0.2) is 9.97 Å². The van der Waals surface area contributed by atoms with Crippen LogP contribution in [0.15, 0.2) is 60.7 Å². The number of nitrogens with one attached hydrogen (secondary N) is 1. The number of carbonyl (C=O) groups is 1. The van der Waals surface area contributed by atoms with Crippen molar-refractivity contribution < 1.29 is 9.53 Å². The Kier molecular flexibility index (Phi) is 6.22.